The van der Waals surface area contributed by atoms with E-state index < -0.39 is 18.8 Å². The molecule has 0 unspecified atom stereocenters. The van der Waals surface area contributed by atoms with E-state index in [0.29, 0.717) is 18.8 Å². The maximum absolute atomic E-state index is 13.6. The summed E-state index contributed by atoms with van der Waals surface area (Å²) in [6.07, 6.45) is 2.01. The van der Waals surface area contributed by atoms with Crippen LogP contribution in [-0.4, -0.2) is 17.2 Å². The Morgan fingerprint density at radius 3 is 2.18 bits per heavy atom. The van der Waals surface area contributed by atoms with Crippen molar-refractivity contribution in [2.75, 3.05) is 0 Å². The Morgan fingerprint density at radius 1 is 1.24 bits per heavy atom. The molecule has 0 fully saturated rings. The molecule has 1 aromatic carbocycles. The highest BCUT2D eigenvalue weighted by Crippen LogP contribution is 2.17. The Kier molecular flexibility index (Phi) is 5.09. The number of halogens is 2. The average Bonchev–Trinajstić information content (AvgIpc) is 2.27. The lowest BCUT2D eigenvalue weighted by molar-refractivity contribution is 0.424. The summed E-state index contributed by atoms with van der Waals surface area (Å²) in [5, 5.41) is 17.7. The molecule has 0 radical (unpaired) electrons. The normalized spacial score (nSPS) is 12.6. The van der Waals surface area contributed by atoms with E-state index in [-0.39, 0.29) is 11.0 Å². The molecule has 0 aromatic heterocycles. The lowest BCUT2D eigenvalue weighted by Gasteiger charge is -2.11. The molecule has 17 heavy (non-hydrogen) atoms. The molecular weight excluding hydrogens is 225 g/mol. The molecule has 0 bridgehead atoms. The quantitative estimate of drug-likeness (QED) is 0.770. The van der Waals surface area contributed by atoms with Gasteiger partial charge in [-0.15, -0.1) is 0 Å². The first-order valence-corrected chi connectivity index (χ1v) is 5.79. The minimum absolute atomic E-state index is 0.0229. The highest BCUT2D eigenvalue weighted by atomic mass is 19.1. The van der Waals surface area contributed by atoms with Gasteiger partial charge in [0.15, 0.2) is 0 Å². The largest absolute Gasteiger partial charge is 0.488 e. The van der Waals surface area contributed by atoms with Crippen LogP contribution in [-0.2, 0) is 6.42 Å². The van der Waals surface area contributed by atoms with Gasteiger partial charge < -0.3 is 10.0 Å². The average molecular weight is 242 g/mol. The van der Waals surface area contributed by atoms with E-state index in [4.69, 9.17) is 10.0 Å². The summed E-state index contributed by atoms with van der Waals surface area (Å²) >= 11 is 0. The molecule has 5 heteroatoms. The van der Waals surface area contributed by atoms with Crippen LogP contribution in [0.4, 0.5) is 8.78 Å². The first-order chi connectivity index (χ1) is 7.95. The second-order valence-corrected chi connectivity index (χ2v) is 4.39. The minimum atomic E-state index is -1.84. The van der Waals surface area contributed by atoms with Crippen molar-refractivity contribution >= 4 is 12.6 Å². The standard InChI is InChI=1S/C12H17BF2O2/c1-3-8(2)4-5-10-11(14)6-9(13(16)17)7-12(10)15/h6-8,16-17H,3-5H2,1-2H3/t8-/m0/s1. The summed E-state index contributed by atoms with van der Waals surface area (Å²) < 4.78 is 27.1. The zero-order chi connectivity index (χ0) is 13.0. The van der Waals surface area contributed by atoms with Gasteiger partial charge in [-0.05, 0) is 36.4 Å². The third kappa shape index (κ3) is 3.79. The minimum Gasteiger partial charge on any atom is -0.423 e. The summed E-state index contributed by atoms with van der Waals surface area (Å²) in [5.74, 6) is -1.01. The molecular formula is C12H17BF2O2. The van der Waals surface area contributed by atoms with Gasteiger partial charge in [-0.3, -0.25) is 0 Å². The van der Waals surface area contributed by atoms with Crippen LogP contribution in [0.1, 0.15) is 32.3 Å². The number of benzene rings is 1. The van der Waals surface area contributed by atoms with Gasteiger partial charge in [0.05, 0.1) is 0 Å². The molecule has 0 saturated heterocycles. The molecule has 0 spiro atoms. The van der Waals surface area contributed by atoms with Crippen molar-refractivity contribution < 1.29 is 18.8 Å². The predicted molar refractivity (Wildman–Crippen MR) is 64.0 cm³/mol. The Bertz CT molecular complexity index is 360. The van der Waals surface area contributed by atoms with E-state index in [1.54, 1.807) is 0 Å². The number of hydrogen-bond acceptors (Lipinski definition) is 2. The van der Waals surface area contributed by atoms with E-state index in [2.05, 4.69) is 0 Å². The summed E-state index contributed by atoms with van der Waals surface area (Å²) in [6, 6.07) is 1.94. The van der Waals surface area contributed by atoms with Crippen LogP contribution in [0.5, 0.6) is 0 Å². The first kappa shape index (κ1) is 14.1. The van der Waals surface area contributed by atoms with Crippen molar-refractivity contribution in [3.63, 3.8) is 0 Å². The Morgan fingerprint density at radius 2 is 1.76 bits per heavy atom. The van der Waals surface area contributed by atoms with Crippen LogP contribution < -0.4 is 5.46 Å². The molecule has 0 amide bonds. The summed E-state index contributed by atoms with van der Waals surface area (Å²) in [5.41, 5.74) is -0.137. The molecule has 0 aliphatic heterocycles. The van der Waals surface area contributed by atoms with Gasteiger partial charge in [0, 0.05) is 5.56 Å². The van der Waals surface area contributed by atoms with E-state index in [1.165, 1.54) is 0 Å². The van der Waals surface area contributed by atoms with Gasteiger partial charge in [-0.1, -0.05) is 20.3 Å². The zero-order valence-corrected chi connectivity index (χ0v) is 10.1. The highest BCUT2D eigenvalue weighted by molar-refractivity contribution is 6.58. The molecule has 1 aromatic rings. The summed E-state index contributed by atoms with van der Waals surface area (Å²) in [6.45, 7) is 4.06. The topological polar surface area (TPSA) is 40.5 Å². The maximum Gasteiger partial charge on any atom is 0.488 e. The fourth-order valence-corrected chi connectivity index (χ4v) is 1.61. The lowest BCUT2D eigenvalue weighted by atomic mass is 9.79. The summed E-state index contributed by atoms with van der Waals surface area (Å²) in [4.78, 5) is 0. The smallest absolute Gasteiger partial charge is 0.423 e. The van der Waals surface area contributed by atoms with Crippen LogP contribution in [0.15, 0.2) is 12.1 Å². The Balaban J connectivity index is 2.86. The third-order valence-electron chi connectivity index (χ3n) is 3.05. The van der Waals surface area contributed by atoms with E-state index in [9.17, 15) is 8.78 Å². The molecule has 2 N–H and O–H groups in total. The first-order valence-electron chi connectivity index (χ1n) is 5.79. The van der Waals surface area contributed by atoms with Crippen molar-refractivity contribution in [1.82, 2.24) is 0 Å². The molecule has 2 nitrogen and oxygen atoms in total. The van der Waals surface area contributed by atoms with E-state index >= 15 is 0 Å². The number of rotatable bonds is 5. The monoisotopic (exact) mass is 242 g/mol. The molecule has 0 aliphatic rings. The highest BCUT2D eigenvalue weighted by Gasteiger charge is 2.18. The Labute approximate surface area is 100 Å². The van der Waals surface area contributed by atoms with Crippen molar-refractivity contribution in [3.8, 4) is 0 Å². The molecule has 0 heterocycles. The van der Waals surface area contributed by atoms with Crippen molar-refractivity contribution in [2.45, 2.75) is 33.1 Å². The maximum atomic E-state index is 13.6. The van der Waals surface area contributed by atoms with Crippen LogP contribution >= 0.6 is 0 Å². The van der Waals surface area contributed by atoms with Crippen molar-refractivity contribution in [2.24, 2.45) is 5.92 Å². The molecule has 0 aliphatic carbocycles. The van der Waals surface area contributed by atoms with Gasteiger partial charge >= 0.3 is 7.12 Å². The van der Waals surface area contributed by atoms with Crippen LogP contribution in [0.25, 0.3) is 0 Å². The second kappa shape index (κ2) is 6.12. The fourth-order valence-electron chi connectivity index (χ4n) is 1.61. The van der Waals surface area contributed by atoms with Crippen LogP contribution in [0.3, 0.4) is 0 Å². The van der Waals surface area contributed by atoms with Crippen LogP contribution in [0.2, 0.25) is 0 Å². The molecule has 0 saturated carbocycles. The summed E-state index contributed by atoms with van der Waals surface area (Å²) in [7, 11) is -1.84. The lowest BCUT2D eigenvalue weighted by Crippen LogP contribution is -2.31. The fraction of sp³-hybridized carbons (Fsp3) is 0.500. The second-order valence-electron chi connectivity index (χ2n) is 4.39. The van der Waals surface area contributed by atoms with Gasteiger partial charge in [0.25, 0.3) is 0 Å². The third-order valence-corrected chi connectivity index (χ3v) is 3.05. The number of hydrogen-bond donors (Lipinski definition) is 2. The molecule has 1 atom stereocenters. The zero-order valence-electron chi connectivity index (χ0n) is 10.1. The van der Waals surface area contributed by atoms with Crippen molar-refractivity contribution in [1.29, 1.82) is 0 Å². The van der Waals surface area contributed by atoms with E-state index in [1.807, 2.05) is 13.8 Å². The SMILES string of the molecule is CC[C@H](C)CCc1c(F)cc(B(O)O)cc1F. The van der Waals surface area contributed by atoms with Gasteiger partial charge in [-0.2, -0.15) is 0 Å². The Hall–Kier alpha value is -0.935. The van der Waals surface area contributed by atoms with E-state index in [0.717, 1.165) is 18.6 Å². The van der Waals surface area contributed by atoms with Crippen LogP contribution in [0, 0.1) is 17.6 Å². The predicted octanol–water partition coefficient (Wildman–Crippen LogP) is 1.62. The molecule has 1 rings (SSSR count). The van der Waals surface area contributed by atoms with Gasteiger partial charge in [-0.25, -0.2) is 8.78 Å². The molecule has 94 valence electrons. The van der Waals surface area contributed by atoms with Gasteiger partial charge in [0.1, 0.15) is 11.6 Å². The van der Waals surface area contributed by atoms with Crippen molar-refractivity contribution in [3.05, 3.63) is 29.3 Å². The van der Waals surface area contributed by atoms with Gasteiger partial charge in [0.2, 0.25) is 0 Å².